The molecule has 1 aromatic heterocycles. The van der Waals surface area contributed by atoms with E-state index in [0.29, 0.717) is 17.5 Å². The summed E-state index contributed by atoms with van der Waals surface area (Å²) in [7, 11) is 0. The van der Waals surface area contributed by atoms with Crippen LogP contribution in [0.15, 0.2) is 23.4 Å². The largest absolute Gasteiger partial charge is 0.399 e. The minimum absolute atomic E-state index is 0.313. The molecule has 1 aliphatic carbocycles. The number of nitrogens with two attached hydrogens (primary N) is 1. The molecule has 0 radical (unpaired) electrons. The van der Waals surface area contributed by atoms with Gasteiger partial charge in [-0.1, -0.05) is 11.8 Å². The Morgan fingerprint density at radius 3 is 2.94 bits per heavy atom. The molecule has 7 heteroatoms. The standard InChI is InChI=1S/C11H12FN5S/c12-8-3-7(4-9(13)5-8)6-18-11-14-15-16-17(11)10-1-2-10/h3-5,10H,1-2,6,13H2. The van der Waals surface area contributed by atoms with E-state index in [9.17, 15) is 4.39 Å². The van der Waals surface area contributed by atoms with Gasteiger partial charge >= 0.3 is 0 Å². The van der Waals surface area contributed by atoms with Gasteiger partial charge in [-0.2, -0.15) is 0 Å². The number of benzene rings is 1. The fourth-order valence-electron chi connectivity index (χ4n) is 1.74. The highest BCUT2D eigenvalue weighted by Gasteiger charge is 2.27. The molecule has 1 aliphatic rings. The third-order valence-corrected chi connectivity index (χ3v) is 3.71. The predicted molar refractivity (Wildman–Crippen MR) is 66.5 cm³/mol. The van der Waals surface area contributed by atoms with Crippen molar-refractivity contribution in [3.05, 3.63) is 29.6 Å². The summed E-state index contributed by atoms with van der Waals surface area (Å²) in [5.41, 5.74) is 6.88. The molecule has 0 aliphatic heterocycles. The van der Waals surface area contributed by atoms with Gasteiger partial charge in [-0.3, -0.25) is 0 Å². The Hall–Kier alpha value is -1.63. The molecule has 5 nitrogen and oxygen atoms in total. The van der Waals surface area contributed by atoms with Crippen molar-refractivity contribution >= 4 is 17.4 Å². The van der Waals surface area contributed by atoms with Gasteiger partial charge in [-0.25, -0.2) is 9.07 Å². The summed E-state index contributed by atoms with van der Waals surface area (Å²) in [5.74, 6) is 0.294. The first-order valence-electron chi connectivity index (χ1n) is 5.68. The van der Waals surface area contributed by atoms with Gasteiger partial charge in [-0.15, -0.1) is 5.10 Å². The molecule has 18 heavy (non-hydrogen) atoms. The van der Waals surface area contributed by atoms with Crippen LogP contribution in [0.4, 0.5) is 10.1 Å². The molecule has 1 saturated carbocycles. The van der Waals surface area contributed by atoms with E-state index in [1.807, 2.05) is 4.68 Å². The van der Waals surface area contributed by atoms with Crippen LogP contribution in [0.5, 0.6) is 0 Å². The summed E-state index contributed by atoms with van der Waals surface area (Å²) >= 11 is 1.50. The van der Waals surface area contributed by atoms with Crippen molar-refractivity contribution in [3.63, 3.8) is 0 Å². The second-order valence-electron chi connectivity index (χ2n) is 4.32. The summed E-state index contributed by atoms with van der Waals surface area (Å²) in [6, 6.07) is 5.00. The van der Waals surface area contributed by atoms with Gasteiger partial charge < -0.3 is 5.73 Å². The molecular formula is C11H12FN5S. The Bertz CT molecular complexity index is 546. The minimum Gasteiger partial charge on any atom is -0.399 e. The quantitative estimate of drug-likeness (QED) is 0.676. The molecule has 0 saturated heterocycles. The molecular weight excluding hydrogens is 253 g/mol. The second-order valence-corrected chi connectivity index (χ2v) is 5.26. The monoisotopic (exact) mass is 265 g/mol. The van der Waals surface area contributed by atoms with Crippen LogP contribution in [0.3, 0.4) is 0 Å². The van der Waals surface area contributed by atoms with Crippen LogP contribution >= 0.6 is 11.8 Å². The lowest BCUT2D eigenvalue weighted by molar-refractivity contribution is 0.565. The Morgan fingerprint density at radius 1 is 1.39 bits per heavy atom. The highest BCUT2D eigenvalue weighted by Crippen LogP contribution is 2.36. The molecule has 3 rings (SSSR count). The number of nitrogens with zero attached hydrogens (tertiary/aromatic N) is 4. The van der Waals surface area contributed by atoms with Gasteiger partial charge in [-0.05, 0) is 47.0 Å². The topological polar surface area (TPSA) is 69.6 Å². The molecule has 1 heterocycles. The lowest BCUT2D eigenvalue weighted by Gasteiger charge is -2.04. The summed E-state index contributed by atoms with van der Waals surface area (Å²) in [6.45, 7) is 0. The Kier molecular flexibility index (Phi) is 2.91. The fourth-order valence-corrected chi connectivity index (χ4v) is 2.61. The average molecular weight is 265 g/mol. The van der Waals surface area contributed by atoms with Crippen LogP contribution in [0.25, 0.3) is 0 Å². The summed E-state index contributed by atoms with van der Waals surface area (Å²) < 4.78 is 15.0. The molecule has 2 N–H and O–H groups in total. The van der Waals surface area contributed by atoms with Crippen LogP contribution in [-0.2, 0) is 5.75 Å². The normalized spacial score (nSPS) is 14.9. The van der Waals surface area contributed by atoms with E-state index in [4.69, 9.17) is 5.73 Å². The second kappa shape index (κ2) is 4.56. The van der Waals surface area contributed by atoms with E-state index in [1.54, 1.807) is 6.07 Å². The van der Waals surface area contributed by atoms with Crippen LogP contribution in [-0.4, -0.2) is 20.2 Å². The lowest BCUT2D eigenvalue weighted by atomic mass is 10.2. The van der Waals surface area contributed by atoms with Crippen molar-refractivity contribution in [1.29, 1.82) is 0 Å². The zero-order chi connectivity index (χ0) is 12.5. The van der Waals surface area contributed by atoms with Gasteiger partial charge in [0, 0.05) is 11.4 Å². The van der Waals surface area contributed by atoms with Crippen LogP contribution < -0.4 is 5.73 Å². The third-order valence-electron chi connectivity index (χ3n) is 2.70. The van der Waals surface area contributed by atoms with E-state index in [0.717, 1.165) is 23.6 Å². The first-order valence-corrected chi connectivity index (χ1v) is 6.66. The summed E-state index contributed by atoms with van der Waals surface area (Å²) in [6.07, 6.45) is 2.26. The molecule has 1 fully saturated rings. The van der Waals surface area contributed by atoms with Gasteiger partial charge in [0.25, 0.3) is 0 Å². The van der Waals surface area contributed by atoms with Crippen molar-refractivity contribution < 1.29 is 4.39 Å². The van der Waals surface area contributed by atoms with E-state index in [2.05, 4.69) is 15.5 Å². The maximum absolute atomic E-state index is 13.2. The maximum Gasteiger partial charge on any atom is 0.209 e. The fraction of sp³-hybridized carbons (Fsp3) is 0.364. The molecule has 0 spiro atoms. The van der Waals surface area contributed by atoms with Crippen LogP contribution in [0, 0.1) is 5.82 Å². The molecule has 0 atom stereocenters. The van der Waals surface area contributed by atoms with Crippen molar-refractivity contribution in [2.24, 2.45) is 0 Å². The Labute approximate surface area is 108 Å². The van der Waals surface area contributed by atoms with E-state index in [1.165, 1.54) is 23.9 Å². The number of anilines is 1. The molecule has 1 aromatic carbocycles. The van der Waals surface area contributed by atoms with E-state index < -0.39 is 0 Å². The Balaban J connectivity index is 1.71. The number of hydrogen-bond donors (Lipinski definition) is 1. The van der Waals surface area contributed by atoms with Crippen LogP contribution in [0.2, 0.25) is 0 Å². The third kappa shape index (κ3) is 2.45. The maximum atomic E-state index is 13.2. The summed E-state index contributed by atoms with van der Waals surface area (Å²) in [4.78, 5) is 0. The number of tetrazole rings is 1. The summed E-state index contributed by atoms with van der Waals surface area (Å²) in [5, 5.41) is 12.4. The zero-order valence-electron chi connectivity index (χ0n) is 9.58. The first kappa shape index (κ1) is 11.5. The number of nitrogen functional groups attached to an aromatic ring is 1. The SMILES string of the molecule is Nc1cc(F)cc(CSc2nnnn2C2CC2)c1. The van der Waals surface area contributed by atoms with Crippen molar-refractivity contribution in [3.8, 4) is 0 Å². The van der Waals surface area contributed by atoms with Gasteiger partial charge in [0.2, 0.25) is 5.16 Å². The number of hydrogen-bond acceptors (Lipinski definition) is 5. The van der Waals surface area contributed by atoms with Gasteiger partial charge in [0.1, 0.15) is 5.82 Å². The molecule has 2 aromatic rings. The predicted octanol–water partition coefficient (Wildman–Crippen LogP) is 2.02. The van der Waals surface area contributed by atoms with Gasteiger partial charge in [0.05, 0.1) is 6.04 Å². The van der Waals surface area contributed by atoms with Crippen molar-refractivity contribution in [2.75, 3.05) is 5.73 Å². The molecule has 94 valence electrons. The Morgan fingerprint density at radius 2 is 2.22 bits per heavy atom. The zero-order valence-corrected chi connectivity index (χ0v) is 10.4. The number of aromatic nitrogens is 4. The van der Waals surface area contributed by atoms with Crippen LogP contribution in [0.1, 0.15) is 24.4 Å². The van der Waals surface area contributed by atoms with E-state index in [-0.39, 0.29) is 5.82 Å². The molecule has 0 unspecified atom stereocenters. The first-order chi connectivity index (χ1) is 8.72. The molecule has 0 amide bonds. The number of rotatable bonds is 4. The number of halogens is 1. The highest BCUT2D eigenvalue weighted by atomic mass is 32.2. The average Bonchev–Trinajstić information content (AvgIpc) is 3.05. The van der Waals surface area contributed by atoms with Gasteiger partial charge in [0.15, 0.2) is 0 Å². The smallest absolute Gasteiger partial charge is 0.209 e. The lowest BCUT2D eigenvalue weighted by Crippen LogP contribution is -1.99. The minimum atomic E-state index is -0.313. The van der Waals surface area contributed by atoms with E-state index >= 15 is 0 Å². The van der Waals surface area contributed by atoms with Crippen molar-refractivity contribution in [1.82, 2.24) is 20.2 Å². The molecule has 0 bridgehead atoms. The van der Waals surface area contributed by atoms with Crippen molar-refractivity contribution in [2.45, 2.75) is 29.8 Å². The number of thioether (sulfide) groups is 1. The highest BCUT2D eigenvalue weighted by molar-refractivity contribution is 7.98.